The molecule has 5 heteroatoms. The first kappa shape index (κ1) is 15.3. The predicted molar refractivity (Wildman–Crippen MR) is 84.6 cm³/mol. The molecular weight excluding hydrogens is 334 g/mol. The van der Waals surface area contributed by atoms with Crippen LogP contribution in [0, 0.1) is 6.92 Å². The van der Waals surface area contributed by atoms with Crippen molar-refractivity contribution in [3.8, 4) is 0 Å². The summed E-state index contributed by atoms with van der Waals surface area (Å²) >= 11 is 3.27. The van der Waals surface area contributed by atoms with Crippen molar-refractivity contribution in [1.82, 2.24) is 0 Å². The van der Waals surface area contributed by atoms with Gasteiger partial charge in [0.25, 0.3) is 0 Å². The Morgan fingerprint density at radius 1 is 1.19 bits per heavy atom. The molecule has 0 aliphatic rings. The first-order chi connectivity index (χ1) is 9.97. The molecule has 0 heterocycles. The monoisotopic (exact) mass is 347 g/mol. The fourth-order valence-electron chi connectivity index (χ4n) is 1.98. The maximum Gasteiger partial charge on any atom is 0.337 e. The SMILES string of the molecule is Cc1ccccc1CC(=O)Nc1cc(Br)ccc1C(=O)O. The van der Waals surface area contributed by atoms with E-state index in [1.807, 2.05) is 31.2 Å². The zero-order valence-corrected chi connectivity index (χ0v) is 13.0. The van der Waals surface area contributed by atoms with E-state index in [0.29, 0.717) is 4.47 Å². The van der Waals surface area contributed by atoms with E-state index in [1.165, 1.54) is 6.07 Å². The third kappa shape index (κ3) is 3.92. The van der Waals surface area contributed by atoms with Crippen molar-refractivity contribution in [1.29, 1.82) is 0 Å². The number of nitrogens with one attached hydrogen (secondary N) is 1. The van der Waals surface area contributed by atoms with Gasteiger partial charge in [-0.2, -0.15) is 0 Å². The summed E-state index contributed by atoms with van der Waals surface area (Å²) < 4.78 is 0.707. The Bertz CT molecular complexity index is 698. The number of carboxylic acid groups (broad SMARTS) is 1. The molecule has 0 bridgehead atoms. The summed E-state index contributed by atoms with van der Waals surface area (Å²) in [5.41, 5.74) is 2.30. The number of halogens is 1. The van der Waals surface area contributed by atoms with E-state index in [0.717, 1.165) is 11.1 Å². The lowest BCUT2D eigenvalue weighted by Gasteiger charge is -2.10. The molecule has 0 saturated heterocycles. The molecule has 2 aromatic carbocycles. The Morgan fingerprint density at radius 2 is 1.90 bits per heavy atom. The molecule has 21 heavy (non-hydrogen) atoms. The highest BCUT2D eigenvalue weighted by atomic mass is 79.9. The van der Waals surface area contributed by atoms with Gasteiger partial charge in [0.05, 0.1) is 17.7 Å². The molecule has 2 N–H and O–H groups in total. The highest BCUT2D eigenvalue weighted by molar-refractivity contribution is 9.10. The number of carbonyl (C=O) groups is 2. The first-order valence-electron chi connectivity index (χ1n) is 6.34. The zero-order chi connectivity index (χ0) is 15.4. The van der Waals surface area contributed by atoms with Crippen LogP contribution in [0.3, 0.4) is 0 Å². The van der Waals surface area contributed by atoms with Crippen molar-refractivity contribution in [2.45, 2.75) is 13.3 Å². The van der Waals surface area contributed by atoms with Crippen LogP contribution in [0.5, 0.6) is 0 Å². The Labute approximate surface area is 130 Å². The Balaban J connectivity index is 2.18. The van der Waals surface area contributed by atoms with E-state index in [1.54, 1.807) is 12.1 Å². The molecular formula is C16H14BrNO3. The second-order valence-electron chi connectivity index (χ2n) is 4.65. The third-order valence-electron chi connectivity index (χ3n) is 3.10. The van der Waals surface area contributed by atoms with Gasteiger partial charge < -0.3 is 10.4 Å². The van der Waals surface area contributed by atoms with Gasteiger partial charge in [0, 0.05) is 4.47 Å². The minimum atomic E-state index is -1.08. The van der Waals surface area contributed by atoms with Crippen LogP contribution in [-0.4, -0.2) is 17.0 Å². The number of aryl methyl sites for hydroxylation is 1. The van der Waals surface area contributed by atoms with Crippen LogP contribution in [0.25, 0.3) is 0 Å². The van der Waals surface area contributed by atoms with E-state index >= 15 is 0 Å². The standard InChI is InChI=1S/C16H14BrNO3/c1-10-4-2-3-5-11(10)8-15(19)18-14-9-12(17)6-7-13(14)16(20)21/h2-7,9H,8H2,1H3,(H,18,19)(H,20,21). The summed E-state index contributed by atoms with van der Waals surface area (Å²) in [7, 11) is 0. The Kier molecular flexibility index (Phi) is 4.75. The van der Waals surface area contributed by atoms with Gasteiger partial charge in [-0.1, -0.05) is 40.2 Å². The van der Waals surface area contributed by atoms with Crippen LogP contribution in [-0.2, 0) is 11.2 Å². The number of aromatic carboxylic acids is 1. The van der Waals surface area contributed by atoms with Crippen LogP contribution in [0.4, 0.5) is 5.69 Å². The van der Waals surface area contributed by atoms with E-state index in [4.69, 9.17) is 5.11 Å². The van der Waals surface area contributed by atoms with Gasteiger partial charge >= 0.3 is 5.97 Å². The molecule has 0 aliphatic carbocycles. The van der Waals surface area contributed by atoms with E-state index < -0.39 is 5.97 Å². The summed E-state index contributed by atoms with van der Waals surface area (Å²) in [6.45, 7) is 1.93. The van der Waals surface area contributed by atoms with E-state index in [9.17, 15) is 9.59 Å². The van der Waals surface area contributed by atoms with Gasteiger partial charge in [-0.05, 0) is 36.2 Å². The van der Waals surface area contributed by atoms with Crippen molar-refractivity contribution in [2.24, 2.45) is 0 Å². The van der Waals surface area contributed by atoms with E-state index in [2.05, 4.69) is 21.2 Å². The molecule has 0 fully saturated rings. The van der Waals surface area contributed by atoms with Gasteiger partial charge in [-0.15, -0.1) is 0 Å². The summed E-state index contributed by atoms with van der Waals surface area (Å²) in [5.74, 6) is -1.32. The maximum atomic E-state index is 12.1. The van der Waals surface area contributed by atoms with Gasteiger partial charge in [0.1, 0.15) is 0 Å². The van der Waals surface area contributed by atoms with Crippen LogP contribution in [0.1, 0.15) is 21.5 Å². The second kappa shape index (κ2) is 6.54. The minimum absolute atomic E-state index is 0.0660. The number of benzene rings is 2. The molecule has 1 amide bonds. The summed E-state index contributed by atoms with van der Waals surface area (Å²) in [5, 5.41) is 11.8. The largest absolute Gasteiger partial charge is 0.478 e. The topological polar surface area (TPSA) is 66.4 Å². The number of carboxylic acids is 1. The lowest BCUT2D eigenvalue weighted by atomic mass is 10.1. The van der Waals surface area contributed by atoms with Crippen molar-refractivity contribution in [3.63, 3.8) is 0 Å². The van der Waals surface area contributed by atoms with Crippen LogP contribution in [0.2, 0.25) is 0 Å². The molecule has 0 saturated carbocycles. The predicted octanol–water partition coefficient (Wildman–Crippen LogP) is 3.64. The molecule has 2 aromatic rings. The number of rotatable bonds is 4. The number of hydrogen-bond donors (Lipinski definition) is 2. The van der Waals surface area contributed by atoms with Crippen molar-refractivity contribution in [3.05, 3.63) is 63.6 Å². The fraction of sp³-hybridized carbons (Fsp3) is 0.125. The lowest BCUT2D eigenvalue weighted by molar-refractivity contribution is -0.115. The fourth-order valence-corrected chi connectivity index (χ4v) is 2.34. The molecule has 0 spiro atoms. The third-order valence-corrected chi connectivity index (χ3v) is 3.59. The smallest absolute Gasteiger partial charge is 0.337 e. The highest BCUT2D eigenvalue weighted by Gasteiger charge is 2.13. The first-order valence-corrected chi connectivity index (χ1v) is 7.14. The second-order valence-corrected chi connectivity index (χ2v) is 5.56. The van der Waals surface area contributed by atoms with Crippen LogP contribution < -0.4 is 5.32 Å². The molecule has 0 aromatic heterocycles. The average Bonchev–Trinajstić information content (AvgIpc) is 2.41. The molecule has 0 atom stereocenters. The normalized spacial score (nSPS) is 10.2. The molecule has 4 nitrogen and oxygen atoms in total. The Hall–Kier alpha value is -2.14. The lowest BCUT2D eigenvalue weighted by Crippen LogP contribution is -2.17. The number of carbonyl (C=O) groups excluding carboxylic acids is 1. The van der Waals surface area contributed by atoms with Gasteiger partial charge in [0.2, 0.25) is 5.91 Å². The summed E-state index contributed by atoms with van der Waals surface area (Å²) in [4.78, 5) is 23.3. The molecule has 108 valence electrons. The number of amides is 1. The van der Waals surface area contributed by atoms with Crippen molar-refractivity contribution >= 4 is 33.5 Å². The van der Waals surface area contributed by atoms with Gasteiger partial charge in [0.15, 0.2) is 0 Å². The minimum Gasteiger partial charge on any atom is -0.478 e. The maximum absolute atomic E-state index is 12.1. The van der Waals surface area contributed by atoms with Gasteiger partial charge in [-0.3, -0.25) is 4.79 Å². The van der Waals surface area contributed by atoms with Crippen LogP contribution >= 0.6 is 15.9 Å². The molecule has 0 unspecified atom stereocenters. The highest BCUT2D eigenvalue weighted by Crippen LogP contribution is 2.22. The van der Waals surface area contributed by atoms with Crippen molar-refractivity contribution < 1.29 is 14.7 Å². The quantitative estimate of drug-likeness (QED) is 0.887. The van der Waals surface area contributed by atoms with E-state index in [-0.39, 0.29) is 23.6 Å². The van der Waals surface area contributed by atoms with Crippen LogP contribution in [0.15, 0.2) is 46.9 Å². The zero-order valence-electron chi connectivity index (χ0n) is 11.4. The average molecular weight is 348 g/mol. The van der Waals surface area contributed by atoms with Crippen molar-refractivity contribution in [2.75, 3.05) is 5.32 Å². The van der Waals surface area contributed by atoms with Gasteiger partial charge in [-0.25, -0.2) is 4.79 Å². The number of anilines is 1. The Morgan fingerprint density at radius 3 is 2.57 bits per heavy atom. The number of hydrogen-bond acceptors (Lipinski definition) is 2. The molecule has 0 aliphatic heterocycles. The summed E-state index contributed by atoms with van der Waals surface area (Å²) in [6.07, 6.45) is 0.207. The molecule has 0 radical (unpaired) electrons. The summed E-state index contributed by atoms with van der Waals surface area (Å²) in [6, 6.07) is 12.3. The molecule has 2 rings (SSSR count).